The second-order valence-corrected chi connectivity index (χ2v) is 11.2. The van der Waals surface area contributed by atoms with Crippen LogP contribution in [0.15, 0.2) is 12.3 Å². The summed E-state index contributed by atoms with van der Waals surface area (Å²) in [5.41, 5.74) is 5.77. The van der Waals surface area contributed by atoms with E-state index in [1.807, 2.05) is 12.3 Å². The molecule has 3 aliphatic rings. The fourth-order valence-electron chi connectivity index (χ4n) is 6.40. The highest BCUT2D eigenvalue weighted by Crippen LogP contribution is 2.31. The molecule has 2 aliphatic heterocycles. The lowest BCUT2D eigenvalue weighted by atomic mass is 9.87. The van der Waals surface area contributed by atoms with Gasteiger partial charge in [-0.3, -0.25) is 9.69 Å². The first kappa shape index (κ1) is 28.0. The van der Waals surface area contributed by atoms with E-state index in [1.165, 1.54) is 64.2 Å². The molecule has 4 rings (SSSR count). The van der Waals surface area contributed by atoms with Crippen LogP contribution in [-0.4, -0.2) is 82.8 Å². The summed E-state index contributed by atoms with van der Waals surface area (Å²) in [5.74, 6) is 1.77. The molecular weight excluding hydrogens is 466 g/mol. The smallest absolute Gasteiger partial charge is 0.224 e. The third-order valence-corrected chi connectivity index (χ3v) is 8.49. The van der Waals surface area contributed by atoms with Crippen molar-refractivity contribution >= 4 is 17.7 Å². The van der Waals surface area contributed by atoms with E-state index in [0.29, 0.717) is 31.5 Å². The summed E-state index contributed by atoms with van der Waals surface area (Å²) in [5, 5.41) is 16.0. The lowest BCUT2D eigenvalue weighted by Gasteiger charge is -2.47. The molecule has 1 aromatic heterocycles. The molecule has 1 saturated carbocycles. The first-order chi connectivity index (χ1) is 18.1. The number of aliphatic hydroxyl groups excluding tert-OH is 1. The number of nitrogens with one attached hydrogen (secondary N) is 2. The molecule has 9 nitrogen and oxygen atoms in total. The Morgan fingerprint density at radius 1 is 1.05 bits per heavy atom. The van der Waals surface area contributed by atoms with Crippen LogP contribution in [0, 0.1) is 0 Å². The summed E-state index contributed by atoms with van der Waals surface area (Å²) >= 11 is 0. The number of rotatable bonds is 11. The number of anilines is 2. The van der Waals surface area contributed by atoms with Crippen LogP contribution >= 0.6 is 0 Å². The molecule has 1 aromatic rings. The van der Waals surface area contributed by atoms with Gasteiger partial charge in [0.25, 0.3) is 0 Å². The Labute approximate surface area is 223 Å². The van der Waals surface area contributed by atoms with Gasteiger partial charge in [0.2, 0.25) is 11.9 Å². The summed E-state index contributed by atoms with van der Waals surface area (Å²) in [6.07, 6.45) is 17.5. The minimum atomic E-state index is -0.329. The van der Waals surface area contributed by atoms with Gasteiger partial charge in [-0.05, 0) is 64.0 Å². The number of nitrogens with zero attached hydrogens (tertiary/aromatic N) is 4. The van der Waals surface area contributed by atoms with Crippen LogP contribution < -0.4 is 21.3 Å². The average Bonchev–Trinajstić information content (AvgIpc) is 3.23. The van der Waals surface area contributed by atoms with Gasteiger partial charge in [0.05, 0.1) is 6.61 Å². The number of aromatic nitrogens is 2. The van der Waals surface area contributed by atoms with Gasteiger partial charge in [-0.25, -0.2) is 4.98 Å². The van der Waals surface area contributed by atoms with Gasteiger partial charge >= 0.3 is 0 Å². The number of aliphatic hydroxyl groups is 1. The van der Waals surface area contributed by atoms with Gasteiger partial charge in [0, 0.05) is 56.4 Å². The first-order valence-electron chi connectivity index (χ1n) is 14.9. The lowest BCUT2D eigenvalue weighted by Crippen LogP contribution is -2.56. The Kier molecular flexibility index (Phi) is 11.2. The molecule has 3 fully saturated rings. The summed E-state index contributed by atoms with van der Waals surface area (Å²) in [6.45, 7) is 3.83. The predicted octanol–water partition coefficient (Wildman–Crippen LogP) is 3.04. The van der Waals surface area contributed by atoms with Gasteiger partial charge in [-0.1, -0.05) is 32.1 Å². The van der Waals surface area contributed by atoms with E-state index >= 15 is 0 Å². The molecule has 3 atom stereocenters. The van der Waals surface area contributed by atoms with Crippen molar-refractivity contribution in [2.75, 3.05) is 43.0 Å². The summed E-state index contributed by atoms with van der Waals surface area (Å²) in [7, 11) is 0. The molecule has 1 amide bonds. The van der Waals surface area contributed by atoms with Crippen LogP contribution in [0.3, 0.4) is 0 Å². The minimum absolute atomic E-state index is 0.0157. The fraction of sp³-hybridized carbons (Fsp3) is 0.821. The van der Waals surface area contributed by atoms with Crippen LogP contribution in [0.1, 0.15) is 89.9 Å². The van der Waals surface area contributed by atoms with Gasteiger partial charge in [-0.2, -0.15) is 4.98 Å². The van der Waals surface area contributed by atoms with E-state index in [-0.39, 0.29) is 24.6 Å². The van der Waals surface area contributed by atoms with Crippen molar-refractivity contribution in [3.63, 3.8) is 0 Å². The number of amides is 1. The van der Waals surface area contributed by atoms with Crippen molar-refractivity contribution in [3.8, 4) is 0 Å². The topological polar surface area (TPSA) is 120 Å². The van der Waals surface area contributed by atoms with E-state index in [9.17, 15) is 4.79 Å². The molecule has 37 heavy (non-hydrogen) atoms. The highest BCUT2D eigenvalue weighted by Gasteiger charge is 2.36. The van der Waals surface area contributed by atoms with E-state index in [2.05, 4.69) is 25.4 Å². The highest BCUT2D eigenvalue weighted by atomic mass is 16.3. The standard InChI is InChI=1S/C28H49N7O2/c29-22(21-36)12-13-27(37)30-16-14-25-24(11-8-20-35(25)23-9-4-3-5-10-23)32-28-31-17-15-26(33-28)34-18-6-1-2-7-19-34/h15,17,22-25,36H,1-14,16,18-21,29H2,(H,30,37)(H,31,32,33)/t22-,24?,25?/m0/s1. The number of carbonyl (C=O) groups excluding carboxylic acids is 1. The van der Waals surface area contributed by atoms with Gasteiger partial charge < -0.3 is 26.4 Å². The Morgan fingerprint density at radius 2 is 1.81 bits per heavy atom. The zero-order valence-corrected chi connectivity index (χ0v) is 22.6. The largest absolute Gasteiger partial charge is 0.395 e. The van der Waals surface area contributed by atoms with Gasteiger partial charge in [0.15, 0.2) is 0 Å². The zero-order chi connectivity index (χ0) is 25.9. The minimum Gasteiger partial charge on any atom is -0.395 e. The average molecular weight is 516 g/mol. The Balaban J connectivity index is 1.41. The van der Waals surface area contributed by atoms with Crippen molar-refractivity contribution in [1.82, 2.24) is 20.2 Å². The molecule has 0 aromatic carbocycles. The first-order valence-corrected chi connectivity index (χ1v) is 14.9. The van der Waals surface area contributed by atoms with Crippen molar-refractivity contribution in [1.29, 1.82) is 0 Å². The maximum Gasteiger partial charge on any atom is 0.224 e. The van der Waals surface area contributed by atoms with Crippen LogP contribution in [-0.2, 0) is 4.79 Å². The molecule has 3 heterocycles. The van der Waals surface area contributed by atoms with Gasteiger partial charge in [-0.15, -0.1) is 0 Å². The van der Waals surface area contributed by atoms with E-state index in [1.54, 1.807) is 0 Å². The second kappa shape index (κ2) is 14.8. The number of nitrogens with two attached hydrogens (primary N) is 1. The third-order valence-electron chi connectivity index (χ3n) is 8.49. The lowest BCUT2D eigenvalue weighted by molar-refractivity contribution is -0.121. The molecule has 2 unspecified atom stereocenters. The van der Waals surface area contributed by atoms with Crippen LogP contribution in [0.4, 0.5) is 11.8 Å². The number of likely N-dealkylation sites (tertiary alicyclic amines) is 1. The SMILES string of the molecule is N[C@H](CO)CCC(=O)NCCC1C(Nc2nccc(N3CCCCCC3)n2)CCCN1C1CCCCC1. The number of hydrogen-bond acceptors (Lipinski definition) is 8. The molecular formula is C28H49N7O2. The Morgan fingerprint density at radius 3 is 2.57 bits per heavy atom. The Hall–Kier alpha value is -1.97. The predicted molar refractivity (Wildman–Crippen MR) is 149 cm³/mol. The molecule has 9 heteroatoms. The monoisotopic (exact) mass is 515 g/mol. The van der Waals surface area contributed by atoms with Crippen LogP contribution in [0.25, 0.3) is 0 Å². The normalized spacial score (nSPS) is 24.9. The molecule has 0 bridgehead atoms. The Bertz CT molecular complexity index is 811. The number of piperidine rings is 1. The molecule has 5 N–H and O–H groups in total. The molecule has 0 spiro atoms. The molecule has 1 aliphatic carbocycles. The maximum absolute atomic E-state index is 12.4. The van der Waals surface area contributed by atoms with E-state index in [4.69, 9.17) is 15.8 Å². The second-order valence-electron chi connectivity index (χ2n) is 11.2. The molecule has 208 valence electrons. The van der Waals surface area contributed by atoms with Crippen molar-refractivity contribution in [2.24, 2.45) is 5.73 Å². The molecule has 0 radical (unpaired) electrons. The van der Waals surface area contributed by atoms with Crippen molar-refractivity contribution in [2.45, 2.75) is 114 Å². The van der Waals surface area contributed by atoms with Crippen LogP contribution in [0.5, 0.6) is 0 Å². The fourth-order valence-corrected chi connectivity index (χ4v) is 6.40. The summed E-state index contributed by atoms with van der Waals surface area (Å²) < 4.78 is 0. The van der Waals surface area contributed by atoms with Crippen molar-refractivity contribution < 1.29 is 9.90 Å². The van der Waals surface area contributed by atoms with E-state index < -0.39 is 0 Å². The number of carbonyl (C=O) groups is 1. The molecule has 2 saturated heterocycles. The maximum atomic E-state index is 12.4. The van der Waals surface area contributed by atoms with Crippen LogP contribution in [0.2, 0.25) is 0 Å². The summed E-state index contributed by atoms with van der Waals surface area (Å²) in [6, 6.07) is 2.94. The van der Waals surface area contributed by atoms with Crippen molar-refractivity contribution in [3.05, 3.63) is 12.3 Å². The van der Waals surface area contributed by atoms with Gasteiger partial charge in [0.1, 0.15) is 5.82 Å². The zero-order valence-electron chi connectivity index (χ0n) is 22.6. The highest BCUT2D eigenvalue weighted by molar-refractivity contribution is 5.75. The van der Waals surface area contributed by atoms with E-state index in [0.717, 1.165) is 44.2 Å². The number of hydrogen-bond donors (Lipinski definition) is 4. The third kappa shape index (κ3) is 8.52. The summed E-state index contributed by atoms with van der Waals surface area (Å²) in [4.78, 5) is 27.1. The quantitative estimate of drug-likeness (QED) is 0.355.